The molecule has 0 unspecified atom stereocenters. The summed E-state index contributed by atoms with van der Waals surface area (Å²) in [4.78, 5) is 28.1. The van der Waals surface area contributed by atoms with Crippen molar-refractivity contribution in [3.05, 3.63) is 82.5 Å². The number of nitrogens with zero attached hydrogens (tertiary/aromatic N) is 2. The largest absolute Gasteiger partial charge is 0.416 e. The summed E-state index contributed by atoms with van der Waals surface area (Å²) in [6.07, 6.45) is -2.62. The number of anilines is 2. The Hall–Kier alpha value is -3.81. The fraction of sp³-hybridized carbons (Fsp3) is 0.231. The van der Waals surface area contributed by atoms with Crippen molar-refractivity contribution in [3.63, 3.8) is 0 Å². The SMILES string of the molecule is O=C(Cn1c2ccccc2c(=O)c2ccccc21)Nc1cc(C(F)(F)F)ccc1N1CCCC1. The molecule has 4 aromatic rings. The number of para-hydroxylation sites is 2. The summed E-state index contributed by atoms with van der Waals surface area (Å²) >= 11 is 0. The van der Waals surface area contributed by atoms with Crippen LogP contribution in [0.4, 0.5) is 24.5 Å². The molecule has 1 fully saturated rings. The van der Waals surface area contributed by atoms with E-state index in [1.54, 1.807) is 53.1 Å². The first-order valence-electron chi connectivity index (χ1n) is 11.1. The molecule has 1 saturated heterocycles. The van der Waals surface area contributed by atoms with Gasteiger partial charge in [0, 0.05) is 23.9 Å². The number of rotatable bonds is 4. The molecule has 1 aliphatic heterocycles. The average molecular weight is 465 g/mol. The molecule has 1 N–H and O–H groups in total. The number of pyridine rings is 1. The van der Waals surface area contributed by atoms with E-state index in [1.165, 1.54) is 6.07 Å². The molecule has 5 rings (SSSR count). The number of hydrogen-bond acceptors (Lipinski definition) is 3. The van der Waals surface area contributed by atoms with Crippen molar-refractivity contribution in [2.45, 2.75) is 25.6 Å². The Bertz CT molecular complexity index is 1390. The number of hydrogen-bond donors (Lipinski definition) is 1. The molecule has 1 aromatic heterocycles. The normalized spacial score (nSPS) is 14.1. The number of carbonyl (C=O) groups excluding carboxylic acids is 1. The van der Waals surface area contributed by atoms with Gasteiger partial charge in [-0.2, -0.15) is 13.2 Å². The van der Waals surface area contributed by atoms with Crippen molar-refractivity contribution < 1.29 is 18.0 Å². The Morgan fingerprint density at radius 3 is 2.06 bits per heavy atom. The molecule has 0 spiro atoms. The van der Waals surface area contributed by atoms with Crippen LogP contribution in [0.1, 0.15) is 18.4 Å². The minimum absolute atomic E-state index is 0.128. The number of aromatic nitrogens is 1. The van der Waals surface area contributed by atoms with Crippen LogP contribution in [0.2, 0.25) is 0 Å². The Labute approximate surface area is 193 Å². The van der Waals surface area contributed by atoms with Crippen LogP contribution >= 0.6 is 0 Å². The predicted molar refractivity (Wildman–Crippen MR) is 127 cm³/mol. The van der Waals surface area contributed by atoms with E-state index < -0.39 is 17.6 Å². The molecule has 0 aliphatic carbocycles. The summed E-state index contributed by atoms with van der Waals surface area (Å²) in [6.45, 7) is 1.30. The quantitative estimate of drug-likeness (QED) is 0.410. The van der Waals surface area contributed by atoms with Gasteiger partial charge >= 0.3 is 6.18 Å². The van der Waals surface area contributed by atoms with E-state index in [4.69, 9.17) is 0 Å². The van der Waals surface area contributed by atoms with Gasteiger partial charge < -0.3 is 14.8 Å². The molecular weight excluding hydrogens is 443 g/mol. The number of halogens is 3. The number of alkyl halides is 3. The van der Waals surface area contributed by atoms with Gasteiger partial charge in [0.15, 0.2) is 5.43 Å². The maximum atomic E-state index is 13.4. The summed E-state index contributed by atoms with van der Waals surface area (Å²) in [7, 11) is 0. The van der Waals surface area contributed by atoms with Gasteiger partial charge in [0.25, 0.3) is 0 Å². The lowest BCUT2D eigenvalue weighted by Crippen LogP contribution is -2.24. The molecule has 0 bridgehead atoms. The van der Waals surface area contributed by atoms with Crippen LogP contribution in [0, 0.1) is 0 Å². The van der Waals surface area contributed by atoms with Crippen LogP contribution in [0.3, 0.4) is 0 Å². The highest BCUT2D eigenvalue weighted by molar-refractivity contribution is 5.98. The highest BCUT2D eigenvalue weighted by Crippen LogP contribution is 2.36. The van der Waals surface area contributed by atoms with E-state index in [2.05, 4.69) is 5.32 Å². The van der Waals surface area contributed by atoms with E-state index in [0.29, 0.717) is 27.5 Å². The third-order valence-electron chi connectivity index (χ3n) is 6.23. The fourth-order valence-corrected chi connectivity index (χ4v) is 4.63. The zero-order chi connectivity index (χ0) is 23.9. The van der Waals surface area contributed by atoms with Crippen molar-refractivity contribution in [1.29, 1.82) is 0 Å². The lowest BCUT2D eigenvalue weighted by Gasteiger charge is -2.23. The first-order valence-corrected chi connectivity index (χ1v) is 11.1. The van der Waals surface area contributed by atoms with Gasteiger partial charge in [0.2, 0.25) is 5.91 Å². The Balaban J connectivity index is 1.55. The van der Waals surface area contributed by atoms with Gasteiger partial charge in [-0.05, 0) is 55.3 Å². The van der Waals surface area contributed by atoms with Crippen LogP contribution in [-0.4, -0.2) is 23.6 Å². The summed E-state index contributed by atoms with van der Waals surface area (Å²) in [5.41, 5.74) is 0.947. The Kier molecular flexibility index (Phi) is 5.51. The first-order chi connectivity index (χ1) is 16.3. The van der Waals surface area contributed by atoms with E-state index in [9.17, 15) is 22.8 Å². The highest BCUT2D eigenvalue weighted by atomic mass is 19.4. The van der Waals surface area contributed by atoms with Crippen molar-refractivity contribution in [2.75, 3.05) is 23.3 Å². The molecule has 8 heteroatoms. The summed E-state index contributed by atoms with van der Waals surface area (Å²) in [5, 5.41) is 3.67. The second kappa shape index (κ2) is 8.52. The van der Waals surface area contributed by atoms with Gasteiger partial charge in [-0.25, -0.2) is 0 Å². The average Bonchev–Trinajstić information content (AvgIpc) is 3.36. The maximum Gasteiger partial charge on any atom is 0.416 e. The zero-order valence-corrected chi connectivity index (χ0v) is 18.2. The van der Waals surface area contributed by atoms with Gasteiger partial charge in [-0.3, -0.25) is 9.59 Å². The minimum Gasteiger partial charge on any atom is -0.370 e. The molecule has 0 radical (unpaired) electrons. The topological polar surface area (TPSA) is 54.3 Å². The molecule has 174 valence electrons. The van der Waals surface area contributed by atoms with E-state index >= 15 is 0 Å². The first kappa shape index (κ1) is 22.0. The molecule has 0 atom stereocenters. The fourth-order valence-electron chi connectivity index (χ4n) is 4.63. The molecule has 3 aromatic carbocycles. The number of benzene rings is 3. The Morgan fingerprint density at radius 2 is 1.47 bits per heavy atom. The summed E-state index contributed by atoms with van der Waals surface area (Å²) in [6, 6.07) is 17.5. The third-order valence-corrected chi connectivity index (χ3v) is 6.23. The van der Waals surface area contributed by atoms with Gasteiger partial charge in [0.1, 0.15) is 6.54 Å². The van der Waals surface area contributed by atoms with Gasteiger partial charge in [0.05, 0.1) is 28.0 Å². The number of fused-ring (bicyclic) bond motifs is 2. The highest BCUT2D eigenvalue weighted by Gasteiger charge is 2.32. The summed E-state index contributed by atoms with van der Waals surface area (Å²) in [5.74, 6) is -0.473. The molecule has 2 heterocycles. The van der Waals surface area contributed by atoms with E-state index in [-0.39, 0.29) is 17.7 Å². The van der Waals surface area contributed by atoms with E-state index in [1.807, 2.05) is 4.90 Å². The molecule has 1 aliphatic rings. The van der Waals surface area contributed by atoms with Crippen LogP contribution in [0.15, 0.2) is 71.5 Å². The van der Waals surface area contributed by atoms with Crippen molar-refractivity contribution in [1.82, 2.24) is 4.57 Å². The van der Waals surface area contributed by atoms with Crippen molar-refractivity contribution in [2.24, 2.45) is 0 Å². The van der Waals surface area contributed by atoms with E-state index in [0.717, 1.165) is 38.1 Å². The minimum atomic E-state index is -4.52. The second-order valence-corrected chi connectivity index (χ2v) is 8.42. The second-order valence-electron chi connectivity index (χ2n) is 8.42. The van der Waals surface area contributed by atoms with Crippen LogP contribution in [0.25, 0.3) is 21.8 Å². The summed E-state index contributed by atoms with van der Waals surface area (Å²) < 4.78 is 41.9. The zero-order valence-electron chi connectivity index (χ0n) is 18.2. The number of nitrogens with one attached hydrogen (secondary N) is 1. The Morgan fingerprint density at radius 1 is 0.882 bits per heavy atom. The maximum absolute atomic E-state index is 13.4. The predicted octanol–water partition coefficient (Wildman–Crippen LogP) is 5.41. The van der Waals surface area contributed by atoms with Crippen LogP contribution < -0.4 is 15.6 Å². The number of amides is 1. The molecular formula is C26H22F3N3O2. The van der Waals surface area contributed by atoms with Crippen molar-refractivity contribution in [3.8, 4) is 0 Å². The van der Waals surface area contributed by atoms with Crippen molar-refractivity contribution >= 4 is 39.1 Å². The van der Waals surface area contributed by atoms with Gasteiger partial charge in [-0.1, -0.05) is 24.3 Å². The number of carbonyl (C=O) groups is 1. The smallest absolute Gasteiger partial charge is 0.370 e. The molecule has 1 amide bonds. The standard InChI is InChI=1S/C26H22F3N3O2/c27-26(28,29)17-11-12-23(31-13-5-6-14-31)20(15-17)30-24(33)16-32-21-9-3-1-7-18(21)25(34)19-8-2-4-10-22(19)32/h1-4,7-12,15H,5-6,13-14,16H2,(H,30,33). The molecule has 0 saturated carbocycles. The third kappa shape index (κ3) is 4.00. The molecule has 34 heavy (non-hydrogen) atoms. The molecule has 5 nitrogen and oxygen atoms in total. The van der Waals surface area contributed by atoms with Crippen LogP contribution in [-0.2, 0) is 17.5 Å². The lowest BCUT2D eigenvalue weighted by atomic mass is 10.1. The van der Waals surface area contributed by atoms with Gasteiger partial charge in [-0.15, -0.1) is 0 Å². The lowest BCUT2D eigenvalue weighted by molar-refractivity contribution is -0.137. The van der Waals surface area contributed by atoms with Crippen LogP contribution in [0.5, 0.6) is 0 Å². The monoisotopic (exact) mass is 465 g/mol.